The summed E-state index contributed by atoms with van der Waals surface area (Å²) in [5.74, 6) is 0. The topological polar surface area (TPSA) is 4.93 Å². The average molecular weight is 311 g/mol. The molecule has 1 nitrogen and oxygen atoms in total. The van der Waals surface area contributed by atoms with E-state index in [9.17, 15) is 0 Å². The van der Waals surface area contributed by atoms with Crippen molar-refractivity contribution in [1.29, 1.82) is 0 Å². The third-order valence-electron chi connectivity index (χ3n) is 4.76. The number of fused-ring (bicyclic) bond motifs is 3. The molecule has 1 heteroatoms. The first-order chi connectivity index (χ1) is 11.8. The monoisotopic (exact) mass is 311 g/mol. The van der Waals surface area contributed by atoms with Crippen molar-refractivity contribution in [1.82, 2.24) is 4.57 Å². The van der Waals surface area contributed by atoms with Crippen molar-refractivity contribution in [3.05, 3.63) is 83.4 Å². The highest BCUT2D eigenvalue weighted by atomic mass is 15.0. The second kappa shape index (κ2) is 6.01. The first kappa shape index (κ1) is 14.8. The molecule has 0 aliphatic heterocycles. The van der Waals surface area contributed by atoms with Gasteiger partial charge in [0.15, 0.2) is 0 Å². The van der Waals surface area contributed by atoms with Gasteiger partial charge >= 0.3 is 0 Å². The molecule has 0 spiro atoms. The lowest BCUT2D eigenvalue weighted by atomic mass is 10.1. The van der Waals surface area contributed by atoms with Crippen LogP contribution in [0.2, 0.25) is 0 Å². The van der Waals surface area contributed by atoms with Crippen LogP contribution < -0.4 is 0 Å². The lowest BCUT2D eigenvalue weighted by Gasteiger charge is -2.03. The predicted octanol–water partition coefficient (Wildman–Crippen LogP) is 6.29. The van der Waals surface area contributed by atoms with Crippen molar-refractivity contribution in [2.45, 2.75) is 20.4 Å². The molecule has 0 atom stereocenters. The summed E-state index contributed by atoms with van der Waals surface area (Å²) >= 11 is 0. The molecule has 0 saturated carbocycles. The van der Waals surface area contributed by atoms with E-state index in [1.807, 2.05) is 0 Å². The maximum atomic E-state index is 2.39. The summed E-state index contributed by atoms with van der Waals surface area (Å²) in [7, 11) is 0. The molecule has 0 saturated heterocycles. The number of para-hydroxylation sites is 1. The number of aromatic nitrogens is 1. The molecule has 1 aromatic heterocycles. The summed E-state index contributed by atoms with van der Waals surface area (Å²) in [5, 5.41) is 2.67. The summed E-state index contributed by atoms with van der Waals surface area (Å²) < 4.78 is 2.39. The summed E-state index contributed by atoms with van der Waals surface area (Å²) in [5.41, 5.74) is 6.44. The fraction of sp³-hybridized carbons (Fsp3) is 0.130. The predicted molar refractivity (Wildman–Crippen MR) is 105 cm³/mol. The van der Waals surface area contributed by atoms with Gasteiger partial charge in [-0.25, -0.2) is 0 Å². The van der Waals surface area contributed by atoms with Crippen LogP contribution in [0.3, 0.4) is 0 Å². The highest BCUT2D eigenvalue weighted by Crippen LogP contribution is 2.30. The van der Waals surface area contributed by atoms with Gasteiger partial charge in [-0.15, -0.1) is 0 Å². The molecule has 0 aliphatic carbocycles. The van der Waals surface area contributed by atoms with Gasteiger partial charge < -0.3 is 4.57 Å². The molecule has 4 rings (SSSR count). The van der Waals surface area contributed by atoms with Crippen molar-refractivity contribution in [2.75, 3.05) is 0 Å². The molecule has 4 aromatic rings. The van der Waals surface area contributed by atoms with Gasteiger partial charge in [0.05, 0.1) is 0 Å². The van der Waals surface area contributed by atoms with Gasteiger partial charge in [0, 0.05) is 28.4 Å². The largest absolute Gasteiger partial charge is 0.341 e. The lowest BCUT2D eigenvalue weighted by Crippen LogP contribution is -1.92. The Kier molecular flexibility index (Phi) is 3.70. The zero-order chi connectivity index (χ0) is 16.5. The van der Waals surface area contributed by atoms with Crippen LogP contribution in [0.5, 0.6) is 0 Å². The van der Waals surface area contributed by atoms with E-state index >= 15 is 0 Å². The molecule has 0 amide bonds. The number of hydrogen-bond donors (Lipinski definition) is 0. The van der Waals surface area contributed by atoms with E-state index in [4.69, 9.17) is 0 Å². The van der Waals surface area contributed by atoms with Crippen LogP contribution in [0.25, 0.3) is 34.0 Å². The van der Waals surface area contributed by atoms with Gasteiger partial charge in [-0.1, -0.05) is 60.7 Å². The molecule has 0 unspecified atom stereocenters. The van der Waals surface area contributed by atoms with Crippen molar-refractivity contribution in [3.63, 3.8) is 0 Å². The molecular formula is C23H21N. The van der Waals surface area contributed by atoms with Crippen LogP contribution in [0, 0.1) is 6.92 Å². The van der Waals surface area contributed by atoms with Gasteiger partial charge in [-0.2, -0.15) is 0 Å². The van der Waals surface area contributed by atoms with Gasteiger partial charge in [0.1, 0.15) is 0 Å². The van der Waals surface area contributed by atoms with E-state index in [2.05, 4.69) is 97.3 Å². The molecule has 0 bridgehead atoms. The standard InChI is InChI=1S/C23H21N/c1-3-24-22-11-7-6-10-20(22)21-16-18(13-15-23(21)24)12-14-19-9-5-4-8-17(19)2/h4-16H,3H2,1-2H3/b14-12+. The SMILES string of the molecule is CCn1c2ccccc2c2cc(/C=C/c3ccccc3C)ccc21. The maximum Gasteiger partial charge on any atom is 0.0491 e. The number of rotatable bonds is 3. The summed E-state index contributed by atoms with van der Waals surface area (Å²) in [4.78, 5) is 0. The molecule has 0 N–H and O–H groups in total. The minimum absolute atomic E-state index is 0.989. The Balaban J connectivity index is 1.84. The van der Waals surface area contributed by atoms with Crippen LogP contribution >= 0.6 is 0 Å². The third-order valence-corrected chi connectivity index (χ3v) is 4.76. The second-order valence-corrected chi connectivity index (χ2v) is 6.23. The van der Waals surface area contributed by atoms with Crippen molar-refractivity contribution >= 4 is 34.0 Å². The van der Waals surface area contributed by atoms with E-state index in [1.165, 1.54) is 38.5 Å². The summed E-state index contributed by atoms with van der Waals surface area (Å²) in [6, 6.07) is 23.9. The summed E-state index contributed by atoms with van der Waals surface area (Å²) in [6.45, 7) is 5.35. The number of aryl methyl sites for hydroxylation is 2. The first-order valence-corrected chi connectivity index (χ1v) is 8.52. The number of benzene rings is 3. The molecule has 1 heterocycles. The van der Waals surface area contributed by atoms with Gasteiger partial charge in [-0.05, 0) is 48.7 Å². The minimum Gasteiger partial charge on any atom is -0.341 e. The fourth-order valence-corrected chi connectivity index (χ4v) is 3.48. The zero-order valence-electron chi connectivity index (χ0n) is 14.2. The van der Waals surface area contributed by atoms with E-state index in [-0.39, 0.29) is 0 Å². The quantitative estimate of drug-likeness (QED) is 0.392. The van der Waals surface area contributed by atoms with E-state index < -0.39 is 0 Å². The molecule has 0 radical (unpaired) electrons. The zero-order valence-corrected chi connectivity index (χ0v) is 14.2. The Hall–Kier alpha value is -2.80. The maximum absolute atomic E-state index is 2.39. The first-order valence-electron chi connectivity index (χ1n) is 8.52. The average Bonchev–Trinajstić information content (AvgIpc) is 2.94. The van der Waals surface area contributed by atoms with E-state index in [1.54, 1.807) is 0 Å². The van der Waals surface area contributed by atoms with Gasteiger partial charge in [0.2, 0.25) is 0 Å². The van der Waals surface area contributed by atoms with Crippen LogP contribution in [-0.2, 0) is 6.54 Å². The van der Waals surface area contributed by atoms with Crippen LogP contribution in [0.15, 0.2) is 66.7 Å². The third kappa shape index (κ3) is 2.43. The highest BCUT2D eigenvalue weighted by Gasteiger charge is 2.08. The smallest absolute Gasteiger partial charge is 0.0491 e. The van der Waals surface area contributed by atoms with Crippen LogP contribution in [0.4, 0.5) is 0 Å². The lowest BCUT2D eigenvalue weighted by molar-refractivity contribution is 0.827. The van der Waals surface area contributed by atoms with Crippen LogP contribution in [-0.4, -0.2) is 4.57 Å². The Bertz CT molecular complexity index is 1050. The Morgan fingerprint density at radius 2 is 1.54 bits per heavy atom. The molecule has 0 fully saturated rings. The molecule has 3 aromatic carbocycles. The number of nitrogens with zero attached hydrogens (tertiary/aromatic N) is 1. The Labute approximate surface area is 142 Å². The molecule has 118 valence electrons. The van der Waals surface area contributed by atoms with Gasteiger partial charge in [0.25, 0.3) is 0 Å². The van der Waals surface area contributed by atoms with E-state index in [0.29, 0.717) is 0 Å². The molecular weight excluding hydrogens is 290 g/mol. The van der Waals surface area contributed by atoms with Gasteiger partial charge in [-0.3, -0.25) is 0 Å². The normalized spacial score (nSPS) is 11.8. The van der Waals surface area contributed by atoms with Crippen molar-refractivity contribution < 1.29 is 0 Å². The Morgan fingerprint density at radius 3 is 2.38 bits per heavy atom. The van der Waals surface area contributed by atoms with Crippen molar-refractivity contribution in [2.24, 2.45) is 0 Å². The highest BCUT2D eigenvalue weighted by molar-refractivity contribution is 6.08. The minimum atomic E-state index is 0.989. The van der Waals surface area contributed by atoms with Crippen molar-refractivity contribution in [3.8, 4) is 0 Å². The Morgan fingerprint density at radius 1 is 0.792 bits per heavy atom. The molecule has 24 heavy (non-hydrogen) atoms. The fourth-order valence-electron chi connectivity index (χ4n) is 3.48. The summed E-state index contributed by atoms with van der Waals surface area (Å²) in [6.07, 6.45) is 4.41. The van der Waals surface area contributed by atoms with Crippen LogP contribution in [0.1, 0.15) is 23.6 Å². The molecule has 0 aliphatic rings. The number of hydrogen-bond acceptors (Lipinski definition) is 0. The second-order valence-electron chi connectivity index (χ2n) is 6.23. The van der Waals surface area contributed by atoms with E-state index in [0.717, 1.165) is 6.54 Å².